The second-order valence-corrected chi connectivity index (χ2v) is 5.90. The topological polar surface area (TPSA) is 36.9 Å². The first-order valence-electron chi connectivity index (χ1n) is 9.16. The Hall–Kier alpha value is -0.940. The molecule has 0 aliphatic carbocycles. The van der Waals surface area contributed by atoms with Gasteiger partial charge in [0.05, 0.1) is 46.2 Å². The zero-order valence-corrected chi connectivity index (χ0v) is 15.4. The van der Waals surface area contributed by atoms with E-state index in [4.69, 9.17) is 18.9 Å². The Kier molecular flexibility index (Phi) is 13.7. The minimum atomic E-state index is 0.597. The Labute approximate surface area is 147 Å². The number of aryl methyl sites for hydroxylation is 1. The van der Waals surface area contributed by atoms with Crippen molar-refractivity contribution < 1.29 is 18.9 Å². The van der Waals surface area contributed by atoms with Crippen molar-refractivity contribution in [3.05, 3.63) is 35.4 Å². The Bertz CT molecular complexity index is 378. The molecule has 1 aromatic carbocycles. The van der Waals surface area contributed by atoms with Crippen LogP contribution in [0.2, 0.25) is 0 Å². The summed E-state index contributed by atoms with van der Waals surface area (Å²) < 4.78 is 21.3. The third-order valence-corrected chi connectivity index (χ3v) is 3.79. The Morgan fingerprint density at radius 1 is 0.667 bits per heavy atom. The SMILES string of the molecule is CCCCCCc1ccc(COCCOCCOCCOC)cc1. The highest BCUT2D eigenvalue weighted by molar-refractivity contribution is 5.22. The van der Waals surface area contributed by atoms with E-state index >= 15 is 0 Å². The van der Waals surface area contributed by atoms with Crippen molar-refractivity contribution in [3.63, 3.8) is 0 Å². The average molecular weight is 338 g/mol. The van der Waals surface area contributed by atoms with Crippen LogP contribution in [0.4, 0.5) is 0 Å². The van der Waals surface area contributed by atoms with E-state index in [2.05, 4.69) is 31.2 Å². The first-order chi connectivity index (χ1) is 11.9. The van der Waals surface area contributed by atoms with Gasteiger partial charge in [-0.25, -0.2) is 0 Å². The van der Waals surface area contributed by atoms with Crippen molar-refractivity contribution in [2.24, 2.45) is 0 Å². The normalized spacial score (nSPS) is 11.1. The molecule has 0 saturated carbocycles. The number of unbranched alkanes of at least 4 members (excludes halogenated alkanes) is 3. The van der Waals surface area contributed by atoms with Crippen molar-refractivity contribution in [2.75, 3.05) is 46.8 Å². The highest BCUT2D eigenvalue weighted by Gasteiger charge is 1.97. The first-order valence-corrected chi connectivity index (χ1v) is 9.16. The fourth-order valence-electron chi connectivity index (χ4n) is 2.33. The molecule has 0 aromatic heterocycles. The van der Waals surface area contributed by atoms with Gasteiger partial charge >= 0.3 is 0 Å². The number of benzene rings is 1. The summed E-state index contributed by atoms with van der Waals surface area (Å²) in [5.41, 5.74) is 2.64. The molecule has 0 heterocycles. The van der Waals surface area contributed by atoms with Gasteiger partial charge in [-0.2, -0.15) is 0 Å². The maximum absolute atomic E-state index is 5.63. The van der Waals surface area contributed by atoms with E-state index in [1.165, 1.54) is 43.2 Å². The van der Waals surface area contributed by atoms with Gasteiger partial charge in [0.1, 0.15) is 0 Å². The summed E-state index contributed by atoms with van der Waals surface area (Å²) >= 11 is 0. The summed E-state index contributed by atoms with van der Waals surface area (Å²) in [5, 5.41) is 0. The summed E-state index contributed by atoms with van der Waals surface area (Å²) in [5.74, 6) is 0. The van der Waals surface area contributed by atoms with Gasteiger partial charge in [0.25, 0.3) is 0 Å². The molecule has 1 rings (SSSR count). The van der Waals surface area contributed by atoms with Crippen molar-refractivity contribution >= 4 is 0 Å². The molecule has 0 amide bonds. The van der Waals surface area contributed by atoms with E-state index in [1.54, 1.807) is 7.11 Å². The van der Waals surface area contributed by atoms with E-state index < -0.39 is 0 Å². The Balaban J connectivity index is 1.97. The van der Waals surface area contributed by atoms with Crippen LogP contribution in [0.25, 0.3) is 0 Å². The molecule has 0 aliphatic rings. The third kappa shape index (κ3) is 11.6. The number of methoxy groups -OCH3 is 1. The molecule has 0 fully saturated rings. The van der Waals surface area contributed by atoms with Crippen LogP contribution in [0.5, 0.6) is 0 Å². The van der Waals surface area contributed by atoms with Gasteiger partial charge in [-0.05, 0) is 24.0 Å². The lowest BCUT2D eigenvalue weighted by Gasteiger charge is -2.07. The molecule has 0 N–H and O–H groups in total. The van der Waals surface area contributed by atoms with E-state index in [-0.39, 0.29) is 0 Å². The molecule has 0 atom stereocenters. The summed E-state index contributed by atoms with van der Waals surface area (Å²) in [6, 6.07) is 8.77. The Morgan fingerprint density at radius 3 is 1.88 bits per heavy atom. The molecular formula is C20H34O4. The molecule has 1 aromatic rings. The predicted molar refractivity (Wildman–Crippen MR) is 97.5 cm³/mol. The summed E-state index contributed by atoms with van der Waals surface area (Å²) in [6.45, 7) is 6.54. The van der Waals surface area contributed by atoms with Crippen LogP contribution in [0.1, 0.15) is 43.7 Å². The highest BCUT2D eigenvalue weighted by Crippen LogP contribution is 2.10. The molecular weight excluding hydrogens is 304 g/mol. The van der Waals surface area contributed by atoms with Crippen molar-refractivity contribution in [3.8, 4) is 0 Å². The standard InChI is InChI=1S/C20H34O4/c1-3-4-5-6-7-19-8-10-20(11-9-19)18-24-17-16-23-15-14-22-13-12-21-2/h8-11H,3-7,12-18H2,1-2H3. The van der Waals surface area contributed by atoms with Crippen LogP contribution in [0, 0.1) is 0 Å². The smallest absolute Gasteiger partial charge is 0.0718 e. The number of hydrogen-bond donors (Lipinski definition) is 0. The van der Waals surface area contributed by atoms with Gasteiger partial charge in [0.15, 0.2) is 0 Å². The summed E-state index contributed by atoms with van der Waals surface area (Å²) in [4.78, 5) is 0. The van der Waals surface area contributed by atoms with Crippen LogP contribution in [-0.2, 0) is 32.0 Å². The van der Waals surface area contributed by atoms with Gasteiger partial charge in [-0.1, -0.05) is 50.5 Å². The van der Waals surface area contributed by atoms with Gasteiger partial charge in [-0.15, -0.1) is 0 Å². The minimum absolute atomic E-state index is 0.597. The molecule has 0 spiro atoms. The molecule has 0 radical (unpaired) electrons. The van der Waals surface area contributed by atoms with Crippen LogP contribution in [0.15, 0.2) is 24.3 Å². The second kappa shape index (κ2) is 15.6. The predicted octanol–water partition coefficient (Wildman–Crippen LogP) is 4.01. The lowest BCUT2D eigenvalue weighted by molar-refractivity contribution is 0.000868. The van der Waals surface area contributed by atoms with Gasteiger partial charge < -0.3 is 18.9 Å². The highest BCUT2D eigenvalue weighted by atomic mass is 16.6. The lowest BCUT2D eigenvalue weighted by Crippen LogP contribution is -2.11. The monoisotopic (exact) mass is 338 g/mol. The zero-order valence-electron chi connectivity index (χ0n) is 15.4. The summed E-state index contributed by atoms with van der Waals surface area (Å²) in [6.07, 6.45) is 6.44. The van der Waals surface area contributed by atoms with E-state index in [0.717, 1.165) is 0 Å². The lowest BCUT2D eigenvalue weighted by atomic mass is 10.0. The number of rotatable bonds is 16. The first kappa shape index (κ1) is 21.1. The summed E-state index contributed by atoms with van der Waals surface area (Å²) in [7, 11) is 1.67. The molecule has 24 heavy (non-hydrogen) atoms. The number of ether oxygens (including phenoxy) is 4. The molecule has 0 unspecified atom stereocenters. The molecule has 0 bridgehead atoms. The largest absolute Gasteiger partial charge is 0.382 e. The molecule has 0 saturated heterocycles. The van der Waals surface area contributed by atoms with Gasteiger partial charge in [0.2, 0.25) is 0 Å². The zero-order chi connectivity index (χ0) is 17.3. The van der Waals surface area contributed by atoms with Crippen molar-refractivity contribution in [2.45, 2.75) is 45.6 Å². The second-order valence-electron chi connectivity index (χ2n) is 5.90. The molecule has 138 valence electrons. The van der Waals surface area contributed by atoms with Crippen molar-refractivity contribution in [1.29, 1.82) is 0 Å². The fourth-order valence-corrected chi connectivity index (χ4v) is 2.33. The van der Waals surface area contributed by atoms with Gasteiger partial charge in [-0.3, -0.25) is 0 Å². The fraction of sp³-hybridized carbons (Fsp3) is 0.700. The molecule has 4 nitrogen and oxygen atoms in total. The average Bonchev–Trinajstić information content (AvgIpc) is 2.61. The number of hydrogen-bond acceptors (Lipinski definition) is 4. The van der Waals surface area contributed by atoms with Crippen LogP contribution >= 0.6 is 0 Å². The van der Waals surface area contributed by atoms with E-state index in [0.29, 0.717) is 46.2 Å². The molecule has 0 aliphatic heterocycles. The third-order valence-electron chi connectivity index (χ3n) is 3.79. The minimum Gasteiger partial charge on any atom is -0.382 e. The van der Waals surface area contributed by atoms with Gasteiger partial charge in [0, 0.05) is 7.11 Å². The van der Waals surface area contributed by atoms with Crippen LogP contribution < -0.4 is 0 Å². The maximum Gasteiger partial charge on any atom is 0.0718 e. The van der Waals surface area contributed by atoms with Crippen LogP contribution in [0.3, 0.4) is 0 Å². The molecule has 4 heteroatoms. The van der Waals surface area contributed by atoms with E-state index in [1.807, 2.05) is 0 Å². The van der Waals surface area contributed by atoms with Crippen molar-refractivity contribution in [1.82, 2.24) is 0 Å². The van der Waals surface area contributed by atoms with Crippen LogP contribution in [-0.4, -0.2) is 46.8 Å². The quantitative estimate of drug-likeness (QED) is 0.427. The van der Waals surface area contributed by atoms with E-state index in [9.17, 15) is 0 Å². The maximum atomic E-state index is 5.63. The Morgan fingerprint density at radius 2 is 1.25 bits per heavy atom.